The quantitative estimate of drug-likeness (QED) is 0.780. The first-order valence-corrected chi connectivity index (χ1v) is 7.16. The van der Waals surface area contributed by atoms with Gasteiger partial charge in [-0.05, 0) is 36.2 Å². The van der Waals surface area contributed by atoms with E-state index in [1.807, 2.05) is 6.07 Å². The van der Waals surface area contributed by atoms with Crippen molar-refractivity contribution >= 4 is 40.2 Å². The second-order valence-electron chi connectivity index (χ2n) is 4.71. The maximum absolute atomic E-state index is 13.7. The lowest BCUT2D eigenvalue weighted by molar-refractivity contribution is 0.637. The molecule has 1 aromatic heterocycles. The summed E-state index contributed by atoms with van der Waals surface area (Å²) in [7, 11) is 0. The molecule has 0 bridgehead atoms. The van der Waals surface area contributed by atoms with Gasteiger partial charge in [0.15, 0.2) is 5.82 Å². The van der Waals surface area contributed by atoms with Crippen LogP contribution >= 0.6 is 23.2 Å². The average Bonchev–Trinajstić information content (AvgIpc) is 2.76. The molecule has 3 aromatic rings. The number of imidazole rings is 1. The normalized spacial score (nSPS) is 11.2. The highest BCUT2D eigenvalue weighted by atomic mass is 35.5. The molecule has 0 atom stereocenters. The molecule has 0 spiro atoms. The van der Waals surface area contributed by atoms with Crippen molar-refractivity contribution in [3.05, 3.63) is 57.8 Å². The molecule has 0 aliphatic rings. The summed E-state index contributed by atoms with van der Waals surface area (Å²) in [6.45, 7) is 0.563. The van der Waals surface area contributed by atoms with Crippen molar-refractivity contribution < 1.29 is 4.39 Å². The predicted octanol–water partition coefficient (Wildman–Crippen LogP) is 4.31. The minimum atomic E-state index is -0.373. The lowest BCUT2D eigenvalue weighted by atomic mass is 10.1. The number of aryl methyl sites for hydroxylation is 2. The summed E-state index contributed by atoms with van der Waals surface area (Å²) < 4.78 is 15.5. The third kappa shape index (κ3) is 2.69. The maximum atomic E-state index is 13.7. The van der Waals surface area contributed by atoms with Gasteiger partial charge >= 0.3 is 0 Å². The Kier molecular flexibility index (Phi) is 3.74. The number of fused-ring (bicyclic) bond motifs is 1. The van der Waals surface area contributed by atoms with Crippen molar-refractivity contribution in [3.63, 3.8) is 0 Å². The summed E-state index contributed by atoms with van der Waals surface area (Å²) in [5.41, 5.74) is 7.80. The zero-order valence-electron chi connectivity index (χ0n) is 11.0. The standard InChI is InChI=1S/C15H12Cl2FN3/c16-10-5-4-9(11(17)8-10)6-7-21-13-3-1-2-12(18)14(13)20-15(21)19/h1-5,8H,6-7H2,(H2,19,20). The van der Waals surface area contributed by atoms with E-state index >= 15 is 0 Å². The Morgan fingerprint density at radius 2 is 2.00 bits per heavy atom. The van der Waals surface area contributed by atoms with Gasteiger partial charge in [0.05, 0.1) is 5.52 Å². The highest BCUT2D eigenvalue weighted by molar-refractivity contribution is 6.35. The molecule has 1 heterocycles. The van der Waals surface area contributed by atoms with E-state index in [0.717, 1.165) is 5.56 Å². The molecule has 6 heteroatoms. The molecule has 21 heavy (non-hydrogen) atoms. The molecule has 0 unspecified atom stereocenters. The smallest absolute Gasteiger partial charge is 0.201 e. The molecule has 0 aliphatic carbocycles. The van der Waals surface area contributed by atoms with Crippen LogP contribution in [0, 0.1) is 5.82 Å². The van der Waals surface area contributed by atoms with Crippen LogP contribution in [0.5, 0.6) is 0 Å². The van der Waals surface area contributed by atoms with Crippen molar-refractivity contribution in [2.24, 2.45) is 0 Å². The van der Waals surface area contributed by atoms with Gasteiger partial charge in [-0.3, -0.25) is 0 Å². The average molecular weight is 324 g/mol. The van der Waals surface area contributed by atoms with Crippen molar-refractivity contribution in [2.75, 3.05) is 5.73 Å². The third-order valence-electron chi connectivity index (χ3n) is 3.38. The monoisotopic (exact) mass is 323 g/mol. The highest BCUT2D eigenvalue weighted by Gasteiger charge is 2.12. The number of anilines is 1. The molecule has 2 N–H and O–H groups in total. The van der Waals surface area contributed by atoms with Crippen LogP contribution < -0.4 is 5.73 Å². The molecule has 3 rings (SSSR count). The first-order chi connectivity index (χ1) is 10.1. The Balaban J connectivity index is 1.92. The molecule has 2 aromatic carbocycles. The van der Waals surface area contributed by atoms with Crippen LogP contribution in [0.2, 0.25) is 10.0 Å². The zero-order chi connectivity index (χ0) is 15.0. The Hall–Kier alpha value is -1.78. The SMILES string of the molecule is Nc1nc2c(F)cccc2n1CCc1ccc(Cl)cc1Cl. The zero-order valence-corrected chi connectivity index (χ0v) is 12.5. The molecule has 0 amide bonds. The number of nitrogen functional groups attached to an aromatic ring is 1. The summed E-state index contributed by atoms with van der Waals surface area (Å²) in [6, 6.07) is 10.2. The van der Waals surface area contributed by atoms with Crippen molar-refractivity contribution in [3.8, 4) is 0 Å². The lowest BCUT2D eigenvalue weighted by Crippen LogP contribution is -2.06. The number of hydrogen-bond acceptors (Lipinski definition) is 2. The van der Waals surface area contributed by atoms with Crippen LogP contribution in [0.25, 0.3) is 11.0 Å². The second kappa shape index (κ2) is 5.54. The summed E-state index contributed by atoms with van der Waals surface area (Å²) in [5.74, 6) is -0.0809. The first kappa shape index (κ1) is 14.2. The van der Waals surface area contributed by atoms with Crippen LogP contribution in [-0.4, -0.2) is 9.55 Å². The van der Waals surface area contributed by atoms with E-state index in [0.29, 0.717) is 34.5 Å². The van der Waals surface area contributed by atoms with E-state index in [2.05, 4.69) is 4.98 Å². The molecule has 0 saturated carbocycles. The fourth-order valence-electron chi connectivity index (χ4n) is 2.32. The summed E-state index contributed by atoms with van der Waals surface area (Å²) in [6.07, 6.45) is 0.655. The number of hydrogen-bond donors (Lipinski definition) is 1. The molecular weight excluding hydrogens is 312 g/mol. The van der Waals surface area contributed by atoms with Crippen LogP contribution in [0.15, 0.2) is 36.4 Å². The van der Waals surface area contributed by atoms with Crippen molar-refractivity contribution in [1.82, 2.24) is 9.55 Å². The number of nitrogens with two attached hydrogens (primary N) is 1. The summed E-state index contributed by atoms with van der Waals surface area (Å²) in [4.78, 5) is 4.07. The van der Waals surface area contributed by atoms with Crippen LogP contribution in [-0.2, 0) is 13.0 Å². The van der Waals surface area contributed by atoms with Crippen LogP contribution in [0.4, 0.5) is 10.3 Å². The third-order valence-corrected chi connectivity index (χ3v) is 3.97. The van der Waals surface area contributed by atoms with Gasteiger partial charge in [-0.1, -0.05) is 35.3 Å². The minimum Gasteiger partial charge on any atom is -0.369 e. The van der Waals surface area contributed by atoms with Crippen LogP contribution in [0.3, 0.4) is 0 Å². The van der Waals surface area contributed by atoms with Gasteiger partial charge < -0.3 is 10.3 Å². The largest absolute Gasteiger partial charge is 0.369 e. The van der Waals surface area contributed by atoms with Gasteiger partial charge in [-0.2, -0.15) is 0 Å². The van der Waals surface area contributed by atoms with Crippen LogP contribution in [0.1, 0.15) is 5.56 Å². The number of halogens is 3. The summed E-state index contributed by atoms with van der Waals surface area (Å²) in [5, 5.41) is 1.20. The van der Waals surface area contributed by atoms with Gasteiger partial charge in [-0.15, -0.1) is 0 Å². The van der Waals surface area contributed by atoms with Crippen molar-refractivity contribution in [1.29, 1.82) is 0 Å². The Morgan fingerprint density at radius 1 is 1.19 bits per heavy atom. The lowest BCUT2D eigenvalue weighted by Gasteiger charge is -2.08. The Bertz CT molecular complexity index is 814. The minimum absolute atomic E-state index is 0.289. The van der Waals surface area contributed by atoms with Gasteiger partial charge in [0.2, 0.25) is 5.95 Å². The molecule has 108 valence electrons. The molecule has 0 radical (unpaired) electrons. The van der Waals surface area contributed by atoms with Gasteiger partial charge in [0, 0.05) is 16.6 Å². The fraction of sp³-hybridized carbons (Fsp3) is 0.133. The van der Waals surface area contributed by atoms with Crippen molar-refractivity contribution in [2.45, 2.75) is 13.0 Å². The Morgan fingerprint density at radius 3 is 2.76 bits per heavy atom. The summed E-state index contributed by atoms with van der Waals surface area (Å²) >= 11 is 12.0. The molecular formula is C15H12Cl2FN3. The Labute approximate surface area is 131 Å². The number of para-hydroxylation sites is 1. The van der Waals surface area contributed by atoms with E-state index in [-0.39, 0.29) is 11.3 Å². The highest BCUT2D eigenvalue weighted by Crippen LogP contribution is 2.24. The number of nitrogens with zero attached hydrogens (tertiary/aromatic N) is 2. The topological polar surface area (TPSA) is 43.8 Å². The van der Waals surface area contributed by atoms with E-state index in [1.165, 1.54) is 6.07 Å². The molecule has 0 saturated heterocycles. The van der Waals surface area contributed by atoms with Gasteiger partial charge in [-0.25, -0.2) is 9.37 Å². The number of benzene rings is 2. The number of rotatable bonds is 3. The van der Waals surface area contributed by atoms with E-state index in [1.54, 1.807) is 28.8 Å². The number of aromatic nitrogens is 2. The molecule has 3 nitrogen and oxygen atoms in total. The molecule has 0 fully saturated rings. The van der Waals surface area contributed by atoms with Gasteiger partial charge in [0.1, 0.15) is 5.52 Å². The van der Waals surface area contributed by atoms with E-state index < -0.39 is 0 Å². The second-order valence-corrected chi connectivity index (χ2v) is 5.56. The van der Waals surface area contributed by atoms with E-state index in [4.69, 9.17) is 28.9 Å². The van der Waals surface area contributed by atoms with E-state index in [9.17, 15) is 4.39 Å². The maximum Gasteiger partial charge on any atom is 0.201 e. The molecule has 0 aliphatic heterocycles. The first-order valence-electron chi connectivity index (χ1n) is 6.40. The predicted molar refractivity (Wildman–Crippen MR) is 84.3 cm³/mol. The van der Waals surface area contributed by atoms with Gasteiger partial charge in [0.25, 0.3) is 0 Å². The fourth-order valence-corrected chi connectivity index (χ4v) is 2.83.